The Balaban J connectivity index is 2.09. The van der Waals surface area contributed by atoms with Crippen molar-refractivity contribution in [2.24, 2.45) is 0 Å². The summed E-state index contributed by atoms with van der Waals surface area (Å²) in [5.41, 5.74) is 2.36. The number of rotatable bonds is 1. The molecule has 5 heteroatoms. The van der Waals surface area contributed by atoms with Crippen molar-refractivity contribution in [3.05, 3.63) is 16.1 Å². The molecule has 0 aromatic carbocycles. The first-order valence-corrected chi connectivity index (χ1v) is 6.07. The van der Waals surface area contributed by atoms with Gasteiger partial charge in [0.1, 0.15) is 5.69 Å². The van der Waals surface area contributed by atoms with Crippen molar-refractivity contribution in [3.8, 4) is 0 Å². The second kappa shape index (κ2) is 4.72. The maximum atomic E-state index is 12.1. The molecule has 0 bridgehead atoms. The number of nitrogens with zero attached hydrogens (tertiary/aromatic N) is 2. The molecule has 0 radical (unpaired) electrons. The molecule has 2 rings (SSSR count). The van der Waals surface area contributed by atoms with Crippen LogP contribution in [0.2, 0.25) is 0 Å². The number of aryl methyl sites for hydroxylation is 1. The van der Waals surface area contributed by atoms with Crippen LogP contribution in [0.3, 0.4) is 0 Å². The summed E-state index contributed by atoms with van der Waals surface area (Å²) in [5.74, 6) is 0.0810. The molecule has 2 heterocycles. The number of amides is 1. The van der Waals surface area contributed by atoms with Gasteiger partial charge >= 0.3 is 0 Å². The van der Waals surface area contributed by atoms with E-state index in [1.165, 1.54) is 11.3 Å². The van der Waals surface area contributed by atoms with Crippen LogP contribution in [0.1, 0.15) is 21.8 Å². The Kier molecular flexibility index (Phi) is 3.33. The molecule has 1 aromatic rings. The Morgan fingerprint density at radius 2 is 2.40 bits per heavy atom. The standard InChI is InChI=1S/C10H15N3OS/c1-8-9(12-7-15-8)10(14)13-5-2-3-11-4-6-13/h7,11H,2-6H2,1H3. The Bertz CT molecular complexity index is 342. The van der Waals surface area contributed by atoms with E-state index in [0.29, 0.717) is 5.69 Å². The van der Waals surface area contributed by atoms with Gasteiger partial charge in [-0.25, -0.2) is 4.98 Å². The van der Waals surface area contributed by atoms with Gasteiger partial charge in [0.15, 0.2) is 0 Å². The van der Waals surface area contributed by atoms with Gasteiger partial charge in [0, 0.05) is 24.5 Å². The van der Waals surface area contributed by atoms with Gasteiger partial charge in [-0.05, 0) is 19.9 Å². The van der Waals surface area contributed by atoms with Gasteiger partial charge in [-0.15, -0.1) is 11.3 Å². The molecular weight excluding hydrogens is 210 g/mol. The molecule has 15 heavy (non-hydrogen) atoms. The van der Waals surface area contributed by atoms with Gasteiger partial charge in [0.25, 0.3) is 5.91 Å². The molecule has 0 atom stereocenters. The van der Waals surface area contributed by atoms with Crippen molar-refractivity contribution in [1.29, 1.82) is 0 Å². The zero-order valence-electron chi connectivity index (χ0n) is 8.82. The predicted molar refractivity (Wildman–Crippen MR) is 60.2 cm³/mol. The summed E-state index contributed by atoms with van der Waals surface area (Å²) >= 11 is 1.53. The van der Waals surface area contributed by atoms with E-state index >= 15 is 0 Å². The number of carbonyl (C=O) groups excluding carboxylic acids is 1. The molecule has 1 fully saturated rings. The lowest BCUT2D eigenvalue weighted by Gasteiger charge is -2.18. The number of aromatic nitrogens is 1. The minimum Gasteiger partial charge on any atom is -0.336 e. The highest BCUT2D eigenvalue weighted by atomic mass is 32.1. The normalized spacial score (nSPS) is 17.5. The van der Waals surface area contributed by atoms with Crippen LogP contribution in [-0.2, 0) is 0 Å². The second-order valence-corrected chi connectivity index (χ2v) is 4.71. The predicted octanol–water partition coefficient (Wildman–Crippen LogP) is 0.887. The van der Waals surface area contributed by atoms with Gasteiger partial charge in [0.05, 0.1) is 5.51 Å². The Morgan fingerprint density at radius 3 is 3.13 bits per heavy atom. The summed E-state index contributed by atoms with van der Waals surface area (Å²) in [6.07, 6.45) is 1.02. The zero-order valence-corrected chi connectivity index (χ0v) is 9.64. The minimum absolute atomic E-state index is 0.0810. The summed E-state index contributed by atoms with van der Waals surface area (Å²) in [6.45, 7) is 5.45. The minimum atomic E-state index is 0.0810. The van der Waals surface area contributed by atoms with E-state index in [-0.39, 0.29) is 5.91 Å². The molecule has 0 aliphatic carbocycles. The van der Waals surface area contributed by atoms with Gasteiger partial charge in [-0.1, -0.05) is 0 Å². The topological polar surface area (TPSA) is 45.2 Å². The van der Waals surface area contributed by atoms with E-state index in [1.54, 1.807) is 5.51 Å². The molecule has 0 saturated carbocycles. The van der Waals surface area contributed by atoms with Crippen LogP contribution in [0.5, 0.6) is 0 Å². The number of hydrogen-bond donors (Lipinski definition) is 1. The first-order valence-electron chi connectivity index (χ1n) is 5.19. The fourth-order valence-electron chi connectivity index (χ4n) is 1.71. The van der Waals surface area contributed by atoms with Crippen LogP contribution >= 0.6 is 11.3 Å². The quantitative estimate of drug-likeness (QED) is 0.772. The average molecular weight is 225 g/mol. The van der Waals surface area contributed by atoms with E-state index in [4.69, 9.17) is 0 Å². The van der Waals surface area contributed by atoms with Crippen LogP contribution in [0.25, 0.3) is 0 Å². The first-order chi connectivity index (χ1) is 7.29. The molecule has 1 saturated heterocycles. The van der Waals surface area contributed by atoms with E-state index in [2.05, 4.69) is 10.3 Å². The Hall–Kier alpha value is -0.940. The molecule has 82 valence electrons. The van der Waals surface area contributed by atoms with Crippen molar-refractivity contribution >= 4 is 17.2 Å². The summed E-state index contributed by atoms with van der Waals surface area (Å²) in [4.78, 5) is 19.1. The lowest BCUT2D eigenvalue weighted by Crippen LogP contribution is -2.34. The molecule has 1 amide bonds. The highest BCUT2D eigenvalue weighted by Crippen LogP contribution is 2.14. The number of hydrogen-bond acceptors (Lipinski definition) is 4. The largest absolute Gasteiger partial charge is 0.336 e. The van der Waals surface area contributed by atoms with Crippen LogP contribution in [0.15, 0.2) is 5.51 Å². The smallest absolute Gasteiger partial charge is 0.273 e. The molecule has 1 N–H and O–H groups in total. The fraction of sp³-hybridized carbons (Fsp3) is 0.600. The Morgan fingerprint density at radius 1 is 1.53 bits per heavy atom. The number of nitrogens with one attached hydrogen (secondary N) is 1. The van der Waals surface area contributed by atoms with Crippen LogP contribution in [0, 0.1) is 6.92 Å². The monoisotopic (exact) mass is 225 g/mol. The van der Waals surface area contributed by atoms with Crippen molar-refractivity contribution < 1.29 is 4.79 Å². The van der Waals surface area contributed by atoms with E-state index in [0.717, 1.165) is 37.5 Å². The maximum absolute atomic E-state index is 12.1. The van der Waals surface area contributed by atoms with E-state index in [9.17, 15) is 4.79 Å². The molecule has 0 spiro atoms. The van der Waals surface area contributed by atoms with Gasteiger partial charge in [-0.2, -0.15) is 0 Å². The Labute approximate surface area is 93.3 Å². The molecule has 4 nitrogen and oxygen atoms in total. The lowest BCUT2D eigenvalue weighted by atomic mass is 10.3. The molecule has 1 aliphatic rings. The lowest BCUT2D eigenvalue weighted by molar-refractivity contribution is 0.0760. The summed E-state index contributed by atoms with van der Waals surface area (Å²) in [6, 6.07) is 0. The SMILES string of the molecule is Cc1scnc1C(=O)N1CCCNCC1. The van der Waals surface area contributed by atoms with Gasteiger partial charge in [-0.3, -0.25) is 4.79 Å². The average Bonchev–Trinajstić information content (AvgIpc) is 2.53. The molecule has 0 unspecified atom stereocenters. The highest BCUT2D eigenvalue weighted by Gasteiger charge is 2.20. The van der Waals surface area contributed by atoms with Crippen LogP contribution in [0.4, 0.5) is 0 Å². The van der Waals surface area contributed by atoms with E-state index < -0.39 is 0 Å². The summed E-state index contributed by atoms with van der Waals surface area (Å²) in [7, 11) is 0. The zero-order chi connectivity index (χ0) is 10.7. The number of carbonyl (C=O) groups is 1. The third-order valence-electron chi connectivity index (χ3n) is 2.57. The third-order valence-corrected chi connectivity index (χ3v) is 3.33. The van der Waals surface area contributed by atoms with Crippen molar-refractivity contribution in [3.63, 3.8) is 0 Å². The van der Waals surface area contributed by atoms with Crippen LogP contribution < -0.4 is 5.32 Å². The van der Waals surface area contributed by atoms with Crippen molar-refractivity contribution in [1.82, 2.24) is 15.2 Å². The second-order valence-electron chi connectivity index (χ2n) is 3.65. The summed E-state index contributed by atoms with van der Waals surface area (Å²) in [5, 5.41) is 3.28. The molecular formula is C10H15N3OS. The third kappa shape index (κ3) is 2.35. The van der Waals surface area contributed by atoms with E-state index in [1.807, 2.05) is 11.8 Å². The van der Waals surface area contributed by atoms with Crippen molar-refractivity contribution in [2.75, 3.05) is 26.2 Å². The fourth-order valence-corrected chi connectivity index (χ4v) is 2.28. The number of thiazole rings is 1. The molecule has 1 aromatic heterocycles. The van der Waals surface area contributed by atoms with Gasteiger partial charge in [0.2, 0.25) is 0 Å². The van der Waals surface area contributed by atoms with Gasteiger partial charge < -0.3 is 10.2 Å². The van der Waals surface area contributed by atoms with Crippen molar-refractivity contribution in [2.45, 2.75) is 13.3 Å². The summed E-state index contributed by atoms with van der Waals surface area (Å²) < 4.78 is 0. The molecule has 1 aliphatic heterocycles. The highest BCUT2D eigenvalue weighted by molar-refractivity contribution is 7.09. The first kappa shape index (κ1) is 10.6. The van der Waals surface area contributed by atoms with Crippen LogP contribution in [-0.4, -0.2) is 42.0 Å². The maximum Gasteiger partial charge on any atom is 0.273 e.